The van der Waals surface area contributed by atoms with Crippen LogP contribution in [-0.2, 0) is 10.0 Å². The van der Waals surface area contributed by atoms with Crippen molar-refractivity contribution < 1.29 is 18.3 Å². The van der Waals surface area contributed by atoms with Crippen LogP contribution in [0, 0.1) is 0 Å². The molecule has 0 spiro atoms. The van der Waals surface area contributed by atoms with E-state index in [4.69, 9.17) is 5.14 Å². The number of phenols is 1. The quantitative estimate of drug-likeness (QED) is 0.740. The number of hydrogen-bond donors (Lipinski definition) is 3. The maximum atomic E-state index is 11.9. The Hall–Kier alpha value is -2.38. The molecule has 0 aliphatic heterocycles. The van der Waals surface area contributed by atoms with Gasteiger partial charge in [0, 0.05) is 5.56 Å². The minimum absolute atomic E-state index is 0.0228. The summed E-state index contributed by atoms with van der Waals surface area (Å²) in [5.74, 6) is -0.714. The van der Waals surface area contributed by atoms with Gasteiger partial charge in [-0.15, -0.1) is 0 Å². The van der Waals surface area contributed by atoms with Gasteiger partial charge in [-0.25, -0.2) is 13.6 Å². The molecule has 0 atom stereocenters. The summed E-state index contributed by atoms with van der Waals surface area (Å²) in [5.41, 5.74) is 0.360. The third kappa shape index (κ3) is 3.14. The number of benzene rings is 2. The smallest absolute Gasteiger partial charge is 0.255 e. The van der Waals surface area contributed by atoms with E-state index in [1.165, 1.54) is 0 Å². The Morgan fingerprint density at radius 2 is 1.75 bits per heavy atom. The summed E-state index contributed by atoms with van der Waals surface area (Å²) in [4.78, 5) is 11.7. The number of carbonyl (C=O) groups excluding carboxylic acids is 1. The number of nitrogens with one attached hydrogen (secondary N) is 1. The summed E-state index contributed by atoms with van der Waals surface area (Å²) in [7, 11) is -3.90. The van der Waals surface area contributed by atoms with Crippen molar-refractivity contribution in [1.82, 2.24) is 0 Å². The van der Waals surface area contributed by atoms with E-state index in [1.54, 1.807) is 30.3 Å². The first-order valence-corrected chi connectivity index (χ1v) is 7.15. The topological polar surface area (TPSA) is 109 Å². The molecule has 0 bridgehead atoms. The standard InChI is InChI=1S/C13H12N2O4S/c14-20(18,19)10-6-7-12(16)11(8-10)15-13(17)9-4-2-1-3-5-9/h1-8,16H,(H,15,17)(H2,14,18,19). The third-order valence-electron chi connectivity index (χ3n) is 2.58. The van der Waals surface area contributed by atoms with Gasteiger partial charge < -0.3 is 10.4 Å². The molecular weight excluding hydrogens is 280 g/mol. The van der Waals surface area contributed by atoms with Crippen molar-refractivity contribution in [2.45, 2.75) is 4.90 Å². The highest BCUT2D eigenvalue weighted by molar-refractivity contribution is 7.89. The Balaban J connectivity index is 2.32. The molecule has 0 aromatic heterocycles. The number of hydrogen-bond acceptors (Lipinski definition) is 4. The van der Waals surface area contributed by atoms with Gasteiger partial charge in [-0.3, -0.25) is 4.79 Å². The van der Waals surface area contributed by atoms with Crippen LogP contribution < -0.4 is 10.5 Å². The van der Waals surface area contributed by atoms with Crippen molar-refractivity contribution in [3.05, 3.63) is 54.1 Å². The molecule has 2 aromatic rings. The predicted octanol–water partition coefficient (Wildman–Crippen LogP) is 1.29. The largest absolute Gasteiger partial charge is 0.506 e. The molecule has 104 valence electrons. The van der Waals surface area contributed by atoms with Crippen LogP contribution in [0.15, 0.2) is 53.4 Å². The third-order valence-corrected chi connectivity index (χ3v) is 3.49. The molecule has 0 unspecified atom stereocenters. The molecule has 6 nitrogen and oxygen atoms in total. The minimum atomic E-state index is -3.90. The van der Waals surface area contributed by atoms with Crippen LogP contribution in [0.3, 0.4) is 0 Å². The first-order chi connectivity index (χ1) is 9.38. The van der Waals surface area contributed by atoms with Gasteiger partial charge in [0.15, 0.2) is 0 Å². The van der Waals surface area contributed by atoms with Crippen LogP contribution in [-0.4, -0.2) is 19.4 Å². The second kappa shape index (κ2) is 5.32. The van der Waals surface area contributed by atoms with Gasteiger partial charge in [0.2, 0.25) is 10.0 Å². The van der Waals surface area contributed by atoms with E-state index in [-0.39, 0.29) is 16.3 Å². The number of primary sulfonamides is 1. The van der Waals surface area contributed by atoms with Crippen LogP contribution in [0.25, 0.3) is 0 Å². The Morgan fingerprint density at radius 3 is 2.35 bits per heavy atom. The average molecular weight is 292 g/mol. The molecule has 0 heterocycles. The lowest BCUT2D eigenvalue weighted by molar-refractivity contribution is 0.102. The highest BCUT2D eigenvalue weighted by atomic mass is 32.2. The number of nitrogens with two attached hydrogens (primary N) is 1. The molecule has 20 heavy (non-hydrogen) atoms. The fourth-order valence-electron chi connectivity index (χ4n) is 1.58. The lowest BCUT2D eigenvalue weighted by Crippen LogP contribution is -2.15. The molecule has 1 amide bonds. The van der Waals surface area contributed by atoms with Gasteiger partial charge >= 0.3 is 0 Å². The predicted molar refractivity (Wildman–Crippen MR) is 73.9 cm³/mol. The fraction of sp³-hybridized carbons (Fsp3) is 0. The zero-order valence-corrected chi connectivity index (χ0v) is 11.1. The molecule has 7 heteroatoms. The fourth-order valence-corrected chi connectivity index (χ4v) is 2.12. The zero-order chi connectivity index (χ0) is 14.8. The van der Waals surface area contributed by atoms with Crippen molar-refractivity contribution in [3.63, 3.8) is 0 Å². The summed E-state index contributed by atoms with van der Waals surface area (Å²) in [6.45, 7) is 0. The molecule has 0 saturated heterocycles. The van der Waals surface area contributed by atoms with Gasteiger partial charge in [-0.2, -0.15) is 0 Å². The Labute approximate surface area is 115 Å². The summed E-state index contributed by atoms with van der Waals surface area (Å²) in [6.07, 6.45) is 0. The van der Waals surface area contributed by atoms with E-state index >= 15 is 0 Å². The molecule has 0 saturated carbocycles. The van der Waals surface area contributed by atoms with E-state index in [2.05, 4.69) is 5.32 Å². The summed E-state index contributed by atoms with van der Waals surface area (Å²) in [5, 5.41) is 17.1. The van der Waals surface area contributed by atoms with E-state index in [1.807, 2.05) is 0 Å². The Kier molecular flexibility index (Phi) is 3.73. The molecule has 4 N–H and O–H groups in total. The summed E-state index contributed by atoms with van der Waals surface area (Å²) >= 11 is 0. The minimum Gasteiger partial charge on any atom is -0.506 e. The van der Waals surface area contributed by atoms with Gasteiger partial charge in [0.25, 0.3) is 5.91 Å². The Bertz CT molecular complexity index is 742. The molecule has 0 fully saturated rings. The second-order valence-electron chi connectivity index (χ2n) is 4.04. The van der Waals surface area contributed by atoms with E-state index in [0.29, 0.717) is 5.56 Å². The molecule has 2 aromatic carbocycles. The number of aromatic hydroxyl groups is 1. The van der Waals surface area contributed by atoms with Crippen molar-refractivity contribution in [1.29, 1.82) is 0 Å². The van der Waals surface area contributed by atoms with Crippen molar-refractivity contribution in [3.8, 4) is 5.75 Å². The molecule has 0 aliphatic carbocycles. The molecule has 2 rings (SSSR count). The van der Waals surface area contributed by atoms with Gasteiger partial charge in [-0.05, 0) is 30.3 Å². The van der Waals surface area contributed by atoms with Crippen molar-refractivity contribution in [2.24, 2.45) is 5.14 Å². The van der Waals surface area contributed by atoms with Crippen LogP contribution in [0.1, 0.15) is 10.4 Å². The summed E-state index contributed by atoms with van der Waals surface area (Å²) < 4.78 is 22.5. The average Bonchev–Trinajstić information content (AvgIpc) is 2.41. The second-order valence-corrected chi connectivity index (χ2v) is 5.61. The first kappa shape index (κ1) is 14.0. The summed E-state index contributed by atoms with van der Waals surface area (Å²) in [6, 6.07) is 11.7. The van der Waals surface area contributed by atoms with E-state index in [0.717, 1.165) is 18.2 Å². The Morgan fingerprint density at radius 1 is 1.10 bits per heavy atom. The normalized spacial score (nSPS) is 11.1. The molecule has 0 radical (unpaired) electrons. The first-order valence-electron chi connectivity index (χ1n) is 5.60. The monoisotopic (exact) mass is 292 g/mol. The highest BCUT2D eigenvalue weighted by Crippen LogP contribution is 2.26. The SMILES string of the molecule is NS(=O)(=O)c1ccc(O)c(NC(=O)c2ccccc2)c1. The number of sulfonamides is 1. The molecule has 0 aliphatic rings. The highest BCUT2D eigenvalue weighted by Gasteiger charge is 2.13. The van der Waals surface area contributed by atoms with Crippen LogP contribution in [0.4, 0.5) is 5.69 Å². The van der Waals surface area contributed by atoms with E-state index < -0.39 is 15.9 Å². The van der Waals surface area contributed by atoms with Crippen molar-refractivity contribution in [2.75, 3.05) is 5.32 Å². The van der Waals surface area contributed by atoms with Crippen LogP contribution in [0.5, 0.6) is 5.75 Å². The van der Waals surface area contributed by atoms with Gasteiger partial charge in [-0.1, -0.05) is 18.2 Å². The lowest BCUT2D eigenvalue weighted by atomic mass is 10.2. The lowest BCUT2D eigenvalue weighted by Gasteiger charge is -2.08. The number of carbonyl (C=O) groups is 1. The van der Waals surface area contributed by atoms with Gasteiger partial charge in [0.05, 0.1) is 10.6 Å². The number of amides is 1. The maximum Gasteiger partial charge on any atom is 0.255 e. The number of rotatable bonds is 3. The number of anilines is 1. The van der Waals surface area contributed by atoms with E-state index in [9.17, 15) is 18.3 Å². The van der Waals surface area contributed by atoms with Gasteiger partial charge in [0.1, 0.15) is 5.75 Å². The maximum absolute atomic E-state index is 11.9. The molecular formula is C13H12N2O4S. The van der Waals surface area contributed by atoms with Crippen molar-refractivity contribution >= 4 is 21.6 Å². The number of phenolic OH excluding ortho intramolecular Hbond substituents is 1. The van der Waals surface area contributed by atoms with Crippen LogP contribution in [0.2, 0.25) is 0 Å². The van der Waals surface area contributed by atoms with Crippen LogP contribution >= 0.6 is 0 Å². The zero-order valence-electron chi connectivity index (χ0n) is 10.3.